The lowest BCUT2D eigenvalue weighted by atomic mass is 9.86. The summed E-state index contributed by atoms with van der Waals surface area (Å²) in [7, 11) is 1.89. The van der Waals surface area contributed by atoms with Crippen molar-refractivity contribution in [2.24, 2.45) is 0 Å². The molecule has 2 heteroatoms. The molecule has 0 N–H and O–H groups in total. The molecule has 1 atom stereocenters. The van der Waals surface area contributed by atoms with Crippen molar-refractivity contribution >= 4 is 5.91 Å². The van der Waals surface area contributed by atoms with Crippen LogP contribution in [0.15, 0.2) is 35.5 Å². The van der Waals surface area contributed by atoms with E-state index in [1.54, 1.807) is 6.92 Å². The number of carbonyl (C=O) groups excluding carboxylic acids is 1. The van der Waals surface area contributed by atoms with E-state index in [-0.39, 0.29) is 11.9 Å². The van der Waals surface area contributed by atoms with Crippen LogP contribution in [-0.2, 0) is 4.79 Å². The maximum absolute atomic E-state index is 11.4. The molecule has 0 bridgehead atoms. The fourth-order valence-electron chi connectivity index (χ4n) is 2.26. The minimum absolute atomic E-state index is 0.140. The van der Waals surface area contributed by atoms with Gasteiger partial charge in [0.2, 0.25) is 5.91 Å². The quantitative estimate of drug-likeness (QED) is 0.641. The number of nitrogens with zero attached hydrogens (tertiary/aromatic N) is 1. The third kappa shape index (κ3) is 1.89. The smallest absolute Gasteiger partial charge is 0.219 e. The zero-order valence-corrected chi connectivity index (χ0v) is 9.36. The van der Waals surface area contributed by atoms with E-state index in [0.717, 1.165) is 19.3 Å². The van der Waals surface area contributed by atoms with Crippen LogP contribution in [0.25, 0.3) is 0 Å². The summed E-state index contributed by atoms with van der Waals surface area (Å²) in [5, 5.41) is 0. The number of amides is 1. The van der Waals surface area contributed by atoms with Crippen LogP contribution < -0.4 is 0 Å². The molecule has 0 saturated carbocycles. The van der Waals surface area contributed by atoms with Crippen molar-refractivity contribution in [3.8, 4) is 0 Å². The van der Waals surface area contributed by atoms with E-state index in [1.165, 1.54) is 11.1 Å². The summed E-state index contributed by atoms with van der Waals surface area (Å²) in [5.41, 5.74) is 2.74. The van der Waals surface area contributed by atoms with Crippen molar-refractivity contribution in [1.29, 1.82) is 0 Å². The average Bonchev–Trinajstić information content (AvgIpc) is 2.27. The Bertz CT molecular complexity index is 363. The third-order valence-corrected chi connectivity index (χ3v) is 3.25. The summed E-state index contributed by atoms with van der Waals surface area (Å²) in [6.45, 7) is 1.63. The number of allylic oxidation sites excluding steroid dienone is 3. The van der Waals surface area contributed by atoms with Crippen LogP contribution in [0.2, 0.25) is 0 Å². The fourth-order valence-corrected chi connectivity index (χ4v) is 2.26. The van der Waals surface area contributed by atoms with Crippen LogP contribution >= 0.6 is 0 Å². The summed E-state index contributed by atoms with van der Waals surface area (Å²) < 4.78 is 0. The van der Waals surface area contributed by atoms with Crippen molar-refractivity contribution in [1.82, 2.24) is 4.90 Å². The number of carbonyl (C=O) groups is 1. The standard InChI is InChI=1S/C13H17NO/c1-10(15)14(2)13-9-5-7-11-6-3-4-8-12(11)13/h4-5,7-8,13H,3,6,9H2,1-2H3. The first-order valence-corrected chi connectivity index (χ1v) is 5.49. The molecule has 1 amide bonds. The highest BCUT2D eigenvalue weighted by Gasteiger charge is 2.24. The Morgan fingerprint density at radius 3 is 2.93 bits per heavy atom. The zero-order chi connectivity index (χ0) is 10.8. The number of rotatable bonds is 1. The van der Waals surface area contributed by atoms with Crippen molar-refractivity contribution in [2.45, 2.75) is 32.2 Å². The van der Waals surface area contributed by atoms with Gasteiger partial charge in [0.15, 0.2) is 0 Å². The van der Waals surface area contributed by atoms with E-state index >= 15 is 0 Å². The molecule has 2 rings (SSSR count). The topological polar surface area (TPSA) is 20.3 Å². The molecule has 1 unspecified atom stereocenters. The van der Waals surface area contributed by atoms with Crippen LogP contribution in [0.1, 0.15) is 26.2 Å². The molecule has 2 aliphatic rings. The molecule has 0 heterocycles. The second-order valence-corrected chi connectivity index (χ2v) is 4.21. The Morgan fingerprint density at radius 2 is 2.20 bits per heavy atom. The second-order valence-electron chi connectivity index (χ2n) is 4.21. The van der Waals surface area contributed by atoms with Gasteiger partial charge in [0.25, 0.3) is 0 Å². The van der Waals surface area contributed by atoms with E-state index in [4.69, 9.17) is 0 Å². The van der Waals surface area contributed by atoms with Gasteiger partial charge < -0.3 is 4.90 Å². The summed E-state index contributed by atoms with van der Waals surface area (Å²) in [5.74, 6) is 0.140. The van der Waals surface area contributed by atoms with Gasteiger partial charge in [0.1, 0.15) is 0 Å². The van der Waals surface area contributed by atoms with E-state index in [1.807, 2.05) is 11.9 Å². The predicted molar refractivity (Wildman–Crippen MR) is 61.4 cm³/mol. The van der Waals surface area contributed by atoms with Gasteiger partial charge in [0.05, 0.1) is 6.04 Å². The zero-order valence-electron chi connectivity index (χ0n) is 9.36. The Balaban J connectivity index is 2.28. The first-order chi connectivity index (χ1) is 7.20. The van der Waals surface area contributed by atoms with E-state index in [2.05, 4.69) is 24.3 Å². The summed E-state index contributed by atoms with van der Waals surface area (Å²) in [6, 6.07) is 0.249. The van der Waals surface area contributed by atoms with Crippen molar-refractivity contribution in [2.75, 3.05) is 7.05 Å². The summed E-state index contributed by atoms with van der Waals surface area (Å²) >= 11 is 0. The lowest BCUT2D eigenvalue weighted by molar-refractivity contribution is -0.128. The minimum atomic E-state index is 0.140. The maximum Gasteiger partial charge on any atom is 0.219 e. The highest BCUT2D eigenvalue weighted by Crippen LogP contribution is 2.30. The van der Waals surface area contributed by atoms with E-state index < -0.39 is 0 Å². The Kier molecular flexibility index (Phi) is 2.76. The van der Waals surface area contributed by atoms with Gasteiger partial charge >= 0.3 is 0 Å². The predicted octanol–water partition coefficient (Wildman–Crippen LogP) is 2.44. The van der Waals surface area contributed by atoms with Crippen molar-refractivity contribution in [3.05, 3.63) is 35.5 Å². The molecular formula is C13H17NO. The van der Waals surface area contributed by atoms with Gasteiger partial charge in [-0.3, -0.25) is 4.79 Å². The second kappa shape index (κ2) is 4.05. The lowest BCUT2D eigenvalue weighted by Gasteiger charge is -2.32. The molecule has 0 aromatic rings. The van der Waals surface area contributed by atoms with Gasteiger partial charge in [-0.1, -0.05) is 24.3 Å². The molecule has 2 nitrogen and oxygen atoms in total. The SMILES string of the molecule is CC(=O)N(C)C1CC=CC2=C1C=CCC2. The third-order valence-electron chi connectivity index (χ3n) is 3.25. The van der Waals surface area contributed by atoms with E-state index in [0.29, 0.717) is 0 Å². The van der Waals surface area contributed by atoms with Gasteiger partial charge in [-0.15, -0.1) is 0 Å². The molecule has 2 aliphatic carbocycles. The number of hydrogen-bond donors (Lipinski definition) is 0. The normalized spacial score (nSPS) is 24.0. The van der Waals surface area contributed by atoms with Gasteiger partial charge in [0, 0.05) is 14.0 Å². The molecule has 15 heavy (non-hydrogen) atoms. The molecular weight excluding hydrogens is 186 g/mol. The largest absolute Gasteiger partial charge is 0.339 e. The molecule has 0 aliphatic heterocycles. The molecule has 0 saturated heterocycles. The molecule has 0 radical (unpaired) electrons. The van der Waals surface area contributed by atoms with Crippen LogP contribution in [0, 0.1) is 0 Å². The first-order valence-electron chi connectivity index (χ1n) is 5.49. The van der Waals surface area contributed by atoms with Crippen molar-refractivity contribution < 1.29 is 4.79 Å². The van der Waals surface area contributed by atoms with E-state index in [9.17, 15) is 4.79 Å². The molecule has 0 aromatic carbocycles. The van der Waals surface area contributed by atoms with Crippen LogP contribution in [0.3, 0.4) is 0 Å². The fraction of sp³-hybridized carbons (Fsp3) is 0.462. The lowest BCUT2D eigenvalue weighted by Crippen LogP contribution is -2.37. The minimum Gasteiger partial charge on any atom is -0.339 e. The summed E-state index contributed by atoms with van der Waals surface area (Å²) in [6.07, 6.45) is 12.0. The molecule has 0 fully saturated rings. The van der Waals surface area contributed by atoms with Crippen molar-refractivity contribution in [3.63, 3.8) is 0 Å². The molecule has 80 valence electrons. The van der Waals surface area contributed by atoms with Crippen LogP contribution in [0.5, 0.6) is 0 Å². The van der Waals surface area contributed by atoms with Crippen LogP contribution in [-0.4, -0.2) is 23.9 Å². The average molecular weight is 203 g/mol. The highest BCUT2D eigenvalue weighted by molar-refractivity contribution is 5.74. The Labute approximate surface area is 91.0 Å². The Morgan fingerprint density at radius 1 is 1.40 bits per heavy atom. The van der Waals surface area contributed by atoms with Gasteiger partial charge in [-0.05, 0) is 30.4 Å². The number of likely N-dealkylation sites (N-methyl/N-ethyl adjacent to an activating group) is 1. The Hall–Kier alpha value is -1.31. The monoisotopic (exact) mass is 203 g/mol. The highest BCUT2D eigenvalue weighted by atomic mass is 16.2. The first kappa shape index (κ1) is 10.2. The molecule has 0 aromatic heterocycles. The van der Waals surface area contributed by atoms with Gasteiger partial charge in [-0.25, -0.2) is 0 Å². The van der Waals surface area contributed by atoms with Crippen LogP contribution in [0.4, 0.5) is 0 Å². The maximum atomic E-state index is 11.4. The number of hydrogen-bond acceptors (Lipinski definition) is 1. The molecule has 0 spiro atoms. The summed E-state index contributed by atoms with van der Waals surface area (Å²) in [4.78, 5) is 13.2. The van der Waals surface area contributed by atoms with Gasteiger partial charge in [-0.2, -0.15) is 0 Å².